The van der Waals surface area contributed by atoms with Crippen molar-refractivity contribution in [2.75, 3.05) is 39.8 Å². The maximum absolute atomic E-state index is 14.4. The summed E-state index contributed by atoms with van der Waals surface area (Å²) >= 11 is 0. The van der Waals surface area contributed by atoms with E-state index in [1.807, 2.05) is 34.6 Å². The van der Waals surface area contributed by atoms with Crippen LogP contribution in [0.2, 0.25) is 0 Å². The molecule has 280 valence electrons. The van der Waals surface area contributed by atoms with Crippen molar-refractivity contribution in [1.82, 2.24) is 34.8 Å². The van der Waals surface area contributed by atoms with Gasteiger partial charge in [-0.15, -0.1) is 18.9 Å². The Bertz CT molecular complexity index is 1490. The van der Waals surface area contributed by atoms with E-state index in [0.717, 1.165) is 6.42 Å². The minimum Gasteiger partial charge on any atom is -0.346 e. The Hall–Kier alpha value is -3.48. The highest BCUT2D eigenvalue weighted by Crippen LogP contribution is 2.65. The quantitative estimate of drug-likeness (QED) is 0.112. The summed E-state index contributed by atoms with van der Waals surface area (Å²) in [7, 11) is -2.20. The fraction of sp³-hybridized carbons (Fsp3) is 0.743. The number of hydrogen-bond acceptors (Lipinski definition) is 7. The molecule has 5 amide bonds. The Morgan fingerprint density at radius 2 is 1.66 bits per heavy atom. The van der Waals surface area contributed by atoms with Crippen molar-refractivity contribution >= 4 is 39.7 Å². The molecule has 6 atom stereocenters. The lowest BCUT2D eigenvalue weighted by molar-refractivity contribution is -0.145. The topological polar surface area (TPSA) is 177 Å². The molecule has 1 unspecified atom stereocenters. The van der Waals surface area contributed by atoms with Crippen LogP contribution < -0.4 is 21.3 Å². The van der Waals surface area contributed by atoms with Crippen LogP contribution in [-0.4, -0.2) is 115 Å². The lowest BCUT2D eigenvalue weighted by Crippen LogP contribution is -2.63. The molecule has 4 N–H and O–H groups in total. The zero-order chi connectivity index (χ0) is 38.0. The summed E-state index contributed by atoms with van der Waals surface area (Å²) < 4.78 is 28.6. The Morgan fingerprint density at radius 1 is 1.04 bits per heavy atom. The summed E-state index contributed by atoms with van der Waals surface area (Å²) in [6.07, 6.45) is 7.83. The van der Waals surface area contributed by atoms with Crippen LogP contribution in [0.15, 0.2) is 12.7 Å². The van der Waals surface area contributed by atoms with E-state index in [9.17, 15) is 32.4 Å². The summed E-state index contributed by atoms with van der Waals surface area (Å²) in [5, 5.41) is 10.9. The van der Waals surface area contributed by atoms with Crippen molar-refractivity contribution in [3.63, 3.8) is 0 Å². The largest absolute Gasteiger partial charge is 0.346 e. The minimum atomic E-state index is -3.68. The van der Waals surface area contributed by atoms with Crippen molar-refractivity contribution < 1.29 is 32.4 Å². The summed E-state index contributed by atoms with van der Waals surface area (Å²) in [6.45, 7) is 19.9. The van der Waals surface area contributed by atoms with Gasteiger partial charge in [0.2, 0.25) is 17.6 Å². The molecule has 2 saturated heterocycles. The van der Waals surface area contributed by atoms with Crippen molar-refractivity contribution in [2.24, 2.45) is 28.1 Å². The van der Waals surface area contributed by atoms with Gasteiger partial charge in [0.25, 0.3) is 16.1 Å². The molecule has 0 radical (unpaired) electrons. The van der Waals surface area contributed by atoms with Crippen LogP contribution in [0, 0.1) is 40.4 Å². The number of urea groups is 1. The predicted molar refractivity (Wildman–Crippen MR) is 190 cm³/mol. The number of fused-ring (bicyclic) bond motifs is 1. The molecule has 50 heavy (non-hydrogen) atoms. The van der Waals surface area contributed by atoms with Crippen molar-refractivity contribution in [2.45, 2.75) is 98.8 Å². The van der Waals surface area contributed by atoms with Gasteiger partial charge < -0.3 is 26.2 Å². The number of hydrogen-bond donors (Lipinski definition) is 4. The highest BCUT2D eigenvalue weighted by atomic mass is 32.2. The van der Waals surface area contributed by atoms with E-state index in [2.05, 4.69) is 33.8 Å². The second-order valence-corrected chi connectivity index (χ2v) is 18.5. The molecule has 2 heterocycles. The molecule has 0 spiro atoms. The van der Waals surface area contributed by atoms with Gasteiger partial charge in [-0.05, 0) is 40.9 Å². The first-order chi connectivity index (χ1) is 23.0. The first-order valence-electron chi connectivity index (χ1n) is 17.3. The first-order valence-corrected chi connectivity index (χ1v) is 18.7. The molecule has 0 aromatic heterocycles. The van der Waals surface area contributed by atoms with E-state index in [1.165, 1.54) is 26.6 Å². The van der Waals surface area contributed by atoms with Gasteiger partial charge in [0, 0.05) is 52.2 Å². The number of rotatable bonds is 15. The predicted octanol–water partition coefficient (Wildman–Crippen LogP) is 1.25. The fourth-order valence-electron chi connectivity index (χ4n) is 6.72. The van der Waals surface area contributed by atoms with Crippen molar-refractivity contribution in [3.8, 4) is 12.3 Å². The van der Waals surface area contributed by atoms with Gasteiger partial charge in [-0.2, -0.15) is 17.0 Å². The maximum Gasteiger partial charge on any atom is 0.315 e. The zero-order valence-corrected chi connectivity index (χ0v) is 31.9. The van der Waals surface area contributed by atoms with Crippen molar-refractivity contribution in [1.29, 1.82) is 0 Å². The smallest absolute Gasteiger partial charge is 0.315 e. The van der Waals surface area contributed by atoms with E-state index in [-0.39, 0.29) is 49.7 Å². The van der Waals surface area contributed by atoms with Crippen LogP contribution in [-0.2, 0) is 29.4 Å². The van der Waals surface area contributed by atoms with Crippen LogP contribution in [0.1, 0.15) is 74.7 Å². The Balaban J connectivity index is 1.82. The number of carbonyl (C=O) groups is 5. The molecule has 3 fully saturated rings. The highest BCUT2D eigenvalue weighted by Gasteiger charge is 2.70. The monoisotopic (exact) mass is 719 g/mol. The van der Waals surface area contributed by atoms with E-state index in [1.54, 1.807) is 20.8 Å². The van der Waals surface area contributed by atoms with Crippen LogP contribution >= 0.6 is 0 Å². The minimum absolute atomic E-state index is 0.0153. The van der Waals surface area contributed by atoms with Gasteiger partial charge in [-0.1, -0.05) is 61.5 Å². The van der Waals surface area contributed by atoms with E-state index in [4.69, 9.17) is 6.42 Å². The third kappa shape index (κ3) is 9.05. The van der Waals surface area contributed by atoms with Gasteiger partial charge in [0.05, 0.1) is 6.04 Å². The molecule has 0 bridgehead atoms. The van der Waals surface area contributed by atoms with Gasteiger partial charge >= 0.3 is 6.03 Å². The average molecular weight is 720 g/mol. The summed E-state index contributed by atoms with van der Waals surface area (Å²) in [4.78, 5) is 69.0. The molecule has 1 saturated carbocycles. The van der Waals surface area contributed by atoms with Gasteiger partial charge in [-0.3, -0.25) is 19.2 Å². The Kier molecular flexibility index (Phi) is 12.6. The molecule has 1 aliphatic carbocycles. The summed E-state index contributed by atoms with van der Waals surface area (Å²) in [6, 6.07) is -4.47. The summed E-state index contributed by atoms with van der Waals surface area (Å²) in [5.41, 5.74) is -1.58. The third-order valence-electron chi connectivity index (χ3n) is 10.3. The lowest BCUT2D eigenvalue weighted by Gasteiger charge is -2.40. The Morgan fingerprint density at radius 3 is 2.16 bits per heavy atom. The lowest BCUT2D eigenvalue weighted by atomic mass is 9.85. The first kappa shape index (κ1) is 40.9. The second kappa shape index (κ2) is 15.4. The van der Waals surface area contributed by atoms with E-state index in [0.29, 0.717) is 13.1 Å². The molecule has 0 aromatic rings. The van der Waals surface area contributed by atoms with Crippen LogP contribution in [0.4, 0.5) is 4.79 Å². The van der Waals surface area contributed by atoms with Gasteiger partial charge in [0.1, 0.15) is 12.1 Å². The number of amides is 5. The molecular formula is C35H57N7O7S. The molecule has 3 aliphatic rings. The molecule has 2 aliphatic heterocycles. The SMILES string of the molecule is C#CCCC(NC(=O)[C@@H]1[C@@H]2[C@H](CN1C(=O)[C@@H](NC(=O)N[C@H](CN(C)S(=O)(=O)N1CCC1)C(C)(C)C)C(C)(C)C)C2(C)C)C(=O)C(=O)NCC=C. The molecular weight excluding hydrogens is 662 g/mol. The molecule has 15 heteroatoms. The number of likely N-dealkylation sites (tertiary alicyclic amines) is 1. The number of terminal acetylenes is 1. The van der Waals surface area contributed by atoms with Crippen molar-refractivity contribution in [3.05, 3.63) is 12.7 Å². The third-order valence-corrected chi connectivity index (χ3v) is 12.3. The van der Waals surface area contributed by atoms with Gasteiger partial charge in [0.15, 0.2) is 0 Å². The normalized spacial score (nSPS) is 23.3. The molecule has 3 rings (SSSR count). The number of Topliss-reactive ketones (excluding diaryl/α,β-unsaturated/α-hetero) is 1. The van der Waals surface area contributed by atoms with Crippen LogP contribution in [0.25, 0.3) is 0 Å². The number of nitrogens with zero attached hydrogens (tertiary/aromatic N) is 3. The number of likely N-dealkylation sites (N-methyl/N-ethyl adjacent to an activating group) is 1. The number of nitrogens with one attached hydrogen (secondary N) is 4. The molecule has 14 nitrogen and oxygen atoms in total. The van der Waals surface area contributed by atoms with Crippen LogP contribution in [0.3, 0.4) is 0 Å². The standard InChI is InChI=1S/C35H57N7O7S/c1-12-14-16-23(27(43)30(45)36-17-13-2)37-29(44)26-25-22(35(25,9)10)20-42(26)31(46)28(34(6,7)8)39-32(47)38-24(33(3,4)5)21-40(11)50(48,49)41-18-15-19-41/h1,13,22-26,28H,2,14-21H2,3-11H3,(H,36,45)(H,37,44)(H2,38,39,47)/t22-,23?,24+,25-,26-,28+/m0/s1. The Labute approximate surface area is 298 Å². The number of piperidine rings is 1. The zero-order valence-electron chi connectivity index (χ0n) is 31.1. The second-order valence-electron chi connectivity index (χ2n) is 16.4. The van der Waals surface area contributed by atoms with E-state index < -0.39 is 74.7 Å². The number of ketones is 1. The summed E-state index contributed by atoms with van der Waals surface area (Å²) in [5.74, 6) is -0.503. The van der Waals surface area contributed by atoms with Gasteiger partial charge in [-0.25, -0.2) is 4.79 Å². The van der Waals surface area contributed by atoms with Crippen LogP contribution in [0.5, 0.6) is 0 Å². The highest BCUT2D eigenvalue weighted by molar-refractivity contribution is 7.86. The maximum atomic E-state index is 14.4. The fourth-order valence-corrected chi connectivity index (χ4v) is 8.18. The number of carbonyl (C=O) groups excluding carboxylic acids is 5. The molecule has 0 aromatic carbocycles. The van der Waals surface area contributed by atoms with E-state index >= 15 is 0 Å². The average Bonchev–Trinajstić information content (AvgIpc) is 3.29.